The average Bonchev–Trinajstić information content (AvgIpc) is 2.27. The molecule has 0 bridgehead atoms. The summed E-state index contributed by atoms with van der Waals surface area (Å²) in [6, 6.07) is 0. The molecule has 1 aromatic rings. The van der Waals surface area contributed by atoms with E-state index in [9.17, 15) is 8.78 Å². The van der Waals surface area contributed by atoms with Gasteiger partial charge in [-0.15, -0.1) is 11.6 Å². The first-order valence-electron chi connectivity index (χ1n) is 5.60. The van der Waals surface area contributed by atoms with E-state index in [1.807, 2.05) is 13.8 Å². The highest BCUT2D eigenvalue weighted by molar-refractivity contribution is 6.18. The Bertz CT molecular complexity index is 366. The summed E-state index contributed by atoms with van der Waals surface area (Å²) in [6.07, 6.45) is 0.364. The Labute approximate surface area is 110 Å². The van der Waals surface area contributed by atoms with Crippen LogP contribution in [-0.2, 0) is 0 Å². The Hall–Kier alpha value is -1.17. The van der Waals surface area contributed by atoms with E-state index >= 15 is 0 Å². The number of halogens is 3. The summed E-state index contributed by atoms with van der Waals surface area (Å²) in [7, 11) is 0. The Balaban J connectivity index is 2.83. The minimum atomic E-state index is -2.45. The lowest BCUT2D eigenvalue weighted by Gasteiger charge is -2.22. The Morgan fingerprint density at radius 1 is 1.39 bits per heavy atom. The lowest BCUT2D eigenvalue weighted by molar-refractivity contribution is 0.155. The Kier molecular flexibility index (Phi) is 6.04. The molecule has 1 aromatic heterocycles. The van der Waals surface area contributed by atoms with Crippen LogP contribution in [-0.4, -0.2) is 41.5 Å². The van der Waals surface area contributed by atoms with Gasteiger partial charge in [0.05, 0.1) is 25.0 Å². The maximum atomic E-state index is 12.4. The Morgan fingerprint density at radius 3 is 2.67 bits per heavy atom. The predicted octanol–water partition coefficient (Wildman–Crippen LogP) is 2.57. The number of anilines is 1. The fourth-order valence-electron chi connectivity index (χ4n) is 1.36. The highest BCUT2D eigenvalue weighted by Gasteiger charge is 2.14. The molecule has 1 heterocycles. The third-order valence-corrected chi connectivity index (χ3v) is 2.16. The third kappa shape index (κ3) is 5.00. The van der Waals surface area contributed by atoms with Crippen LogP contribution in [0.2, 0.25) is 0 Å². The average molecular weight is 280 g/mol. The zero-order chi connectivity index (χ0) is 13.5. The molecule has 0 amide bonds. The predicted molar refractivity (Wildman–Crippen MR) is 66.7 cm³/mol. The molecule has 0 fully saturated rings. The molecule has 0 saturated heterocycles. The van der Waals surface area contributed by atoms with E-state index in [1.165, 1.54) is 17.3 Å². The molecule has 0 spiro atoms. The van der Waals surface area contributed by atoms with Gasteiger partial charge < -0.3 is 9.64 Å². The minimum Gasteiger partial charge on any atom is -0.474 e. The van der Waals surface area contributed by atoms with Gasteiger partial charge in [0.25, 0.3) is 6.43 Å². The van der Waals surface area contributed by atoms with Crippen molar-refractivity contribution in [3.8, 4) is 5.88 Å². The smallest absolute Gasteiger partial charge is 0.255 e. The zero-order valence-corrected chi connectivity index (χ0v) is 11.1. The molecular weight excluding hydrogens is 264 g/mol. The van der Waals surface area contributed by atoms with E-state index in [0.717, 1.165) is 0 Å². The summed E-state index contributed by atoms with van der Waals surface area (Å²) in [5.74, 6) is 0.898. The number of alkyl halides is 3. The molecule has 0 atom stereocenters. The number of hydrogen-bond acceptors (Lipinski definition) is 4. The lowest BCUT2D eigenvalue weighted by atomic mass is 10.4. The molecule has 18 heavy (non-hydrogen) atoms. The van der Waals surface area contributed by atoms with Crippen LogP contribution in [0, 0.1) is 0 Å². The van der Waals surface area contributed by atoms with Crippen molar-refractivity contribution in [3.05, 3.63) is 12.4 Å². The van der Waals surface area contributed by atoms with Gasteiger partial charge in [0, 0.05) is 12.4 Å². The van der Waals surface area contributed by atoms with Crippen molar-refractivity contribution in [1.29, 1.82) is 0 Å². The number of ether oxygens (including phenoxy) is 1. The van der Waals surface area contributed by atoms with E-state index in [0.29, 0.717) is 11.7 Å². The van der Waals surface area contributed by atoms with Gasteiger partial charge in [-0.25, -0.2) is 8.78 Å². The van der Waals surface area contributed by atoms with Crippen LogP contribution in [0.15, 0.2) is 12.4 Å². The molecule has 0 N–H and O–H groups in total. The highest BCUT2D eigenvalue weighted by Crippen LogP contribution is 2.16. The summed E-state index contributed by atoms with van der Waals surface area (Å²) < 4.78 is 30.2. The summed E-state index contributed by atoms with van der Waals surface area (Å²) in [4.78, 5) is 9.45. The maximum Gasteiger partial charge on any atom is 0.255 e. The van der Waals surface area contributed by atoms with Crippen LogP contribution in [0.4, 0.5) is 14.6 Å². The molecule has 0 aliphatic rings. The first kappa shape index (κ1) is 14.9. The largest absolute Gasteiger partial charge is 0.474 e. The molecule has 0 aromatic carbocycles. The van der Waals surface area contributed by atoms with Crippen molar-refractivity contribution in [2.24, 2.45) is 0 Å². The van der Waals surface area contributed by atoms with Gasteiger partial charge in [-0.1, -0.05) is 0 Å². The third-order valence-electron chi connectivity index (χ3n) is 1.99. The van der Waals surface area contributed by atoms with Crippen molar-refractivity contribution in [2.45, 2.75) is 26.4 Å². The minimum absolute atomic E-state index is 0.0499. The second-order valence-electron chi connectivity index (χ2n) is 3.91. The van der Waals surface area contributed by atoms with Crippen molar-refractivity contribution in [2.75, 3.05) is 23.9 Å². The van der Waals surface area contributed by atoms with Crippen molar-refractivity contribution >= 4 is 17.4 Å². The van der Waals surface area contributed by atoms with Gasteiger partial charge in [0.1, 0.15) is 0 Å². The summed E-state index contributed by atoms with van der Waals surface area (Å²) in [5.41, 5.74) is 0. The van der Waals surface area contributed by atoms with Crippen LogP contribution in [0.3, 0.4) is 0 Å². The van der Waals surface area contributed by atoms with Crippen LogP contribution in [0.1, 0.15) is 13.8 Å². The highest BCUT2D eigenvalue weighted by atomic mass is 35.5. The van der Waals surface area contributed by atoms with Gasteiger partial charge in [-0.3, -0.25) is 4.98 Å². The van der Waals surface area contributed by atoms with Crippen molar-refractivity contribution in [3.63, 3.8) is 0 Å². The number of hydrogen-bond donors (Lipinski definition) is 0. The topological polar surface area (TPSA) is 38.2 Å². The maximum absolute atomic E-state index is 12.4. The van der Waals surface area contributed by atoms with Crippen molar-refractivity contribution in [1.82, 2.24) is 9.97 Å². The molecule has 0 aliphatic carbocycles. The quantitative estimate of drug-likeness (QED) is 0.719. The van der Waals surface area contributed by atoms with Crippen LogP contribution >= 0.6 is 11.6 Å². The van der Waals surface area contributed by atoms with Crippen LogP contribution in [0.25, 0.3) is 0 Å². The Morgan fingerprint density at radius 2 is 2.11 bits per heavy atom. The normalized spacial score (nSPS) is 11.1. The van der Waals surface area contributed by atoms with E-state index in [1.54, 1.807) is 0 Å². The van der Waals surface area contributed by atoms with Gasteiger partial charge in [-0.05, 0) is 13.8 Å². The van der Waals surface area contributed by atoms with E-state index in [-0.39, 0.29) is 18.5 Å². The fraction of sp³-hybridized carbons (Fsp3) is 0.636. The van der Waals surface area contributed by atoms with Gasteiger partial charge in [-0.2, -0.15) is 4.98 Å². The summed E-state index contributed by atoms with van der Waals surface area (Å²) >= 11 is 5.59. The molecule has 1 rings (SSSR count). The molecule has 102 valence electrons. The summed E-state index contributed by atoms with van der Waals surface area (Å²) in [6.45, 7) is 3.56. The molecule has 0 aliphatic heterocycles. The fourth-order valence-corrected chi connectivity index (χ4v) is 1.56. The van der Waals surface area contributed by atoms with Crippen molar-refractivity contribution < 1.29 is 13.5 Å². The molecule has 4 nitrogen and oxygen atoms in total. The second-order valence-corrected chi connectivity index (χ2v) is 4.29. The van der Waals surface area contributed by atoms with Gasteiger partial charge >= 0.3 is 0 Å². The monoisotopic (exact) mass is 279 g/mol. The molecule has 0 unspecified atom stereocenters. The summed E-state index contributed by atoms with van der Waals surface area (Å²) in [5, 5.41) is 0. The molecule has 0 saturated carbocycles. The zero-order valence-electron chi connectivity index (χ0n) is 10.3. The van der Waals surface area contributed by atoms with Crippen LogP contribution < -0.4 is 9.64 Å². The number of aromatic nitrogens is 2. The first-order chi connectivity index (χ1) is 8.52. The SMILES string of the molecule is CC(C)Oc1cncc(N(CCCl)CC(F)F)n1. The van der Waals surface area contributed by atoms with Gasteiger partial charge in [0.2, 0.25) is 5.88 Å². The van der Waals surface area contributed by atoms with E-state index in [2.05, 4.69) is 9.97 Å². The van der Waals surface area contributed by atoms with E-state index < -0.39 is 13.0 Å². The number of rotatable bonds is 7. The number of nitrogens with zero attached hydrogens (tertiary/aromatic N) is 3. The lowest BCUT2D eigenvalue weighted by Crippen LogP contribution is -2.31. The first-order valence-corrected chi connectivity index (χ1v) is 6.14. The molecular formula is C11H16ClF2N3O. The molecule has 0 radical (unpaired) electrons. The second kappa shape index (κ2) is 7.31. The van der Waals surface area contributed by atoms with Crippen LogP contribution in [0.5, 0.6) is 5.88 Å². The van der Waals surface area contributed by atoms with Gasteiger partial charge in [0.15, 0.2) is 5.82 Å². The molecule has 7 heteroatoms. The van der Waals surface area contributed by atoms with E-state index in [4.69, 9.17) is 16.3 Å². The standard InChI is InChI=1S/C11H16ClF2N3O/c1-8(2)18-11-6-15-5-10(16-11)17(4-3-12)7-9(13)14/h5-6,8-9H,3-4,7H2,1-2H3.